The molecule has 0 fully saturated rings. The normalized spacial score (nSPS) is 11.3. The molecule has 2 aromatic rings. The van der Waals surface area contributed by atoms with E-state index in [9.17, 15) is 4.79 Å². The van der Waals surface area contributed by atoms with Crippen molar-refractivity contribution in [3.05, 3.63) is 65.7 Å². The molecular weight excluding hydrogens is 324 g/mol. The highest BCUT2D eigenvalue weighted by Crippen LogP contribution is 2.12. The molecule has 0 saturated carbocycles. The molecule has 24 heavy (non-hydrogen) atoms. The van der Waals surface area contributed by atoms with Crippen LogP contribution >= 0.6 is 12.4 Å². The quantitative estimate of drug-likeness (QED) is 0.837. The molecule has 2 N–H and O–H groups in total. The summed E-state index contributed by atoms with van der Waals surface area (Å²) in [5.41, 5.74) is 8.24. The van der Waals surface area contributed by atoms with Crippen LogP contribution in [-0.2, 0) is 11.2 Å². The minimum absolute atomic E-state index is 0. The van der Waals surface area contributed by atoms with E-state index >= 15 is 0 Å². The number of nitrogens with two attached hydrogens (primary N) is 1. The Morgan fingerprint density at radius 2 is 1.88 bits per heavy atom. The number of halogens is 1. The number of rotatable bonds is 7. The zero-order chi connectivity index (χ0) is 16.7. The van der Waals surface area contributed by atoms with E-state index in [-0.39, 0.29) is 18.3 Å². The van der Waals surface area contributed by atoms with E-state index in [2.05, 4.69) is 0 Å². The van der Waals surface area contributed by atoms with Crippen molar-refractivity contribution < 1.29 is 9.53 Å². The van der Waals surface area contributed by atoms with Crippen molar-refractivity contribution in [2.45, 2.75) is 19.4 Å². The average molecular weight is 349 g/mol. The first-order valence-corrected chi connectivity index (χ1v) is 7.80. The number of carbonyl (C=O) groups is 1. The number of benzene rings is 2. The number of hydrogen-bond acceptors (Lipinski definition) is 3. The van der Waals surface area contributed by atoms with Crippen LogP contribution in [0.15, 0.2) is 54.6 Å². The Hall–Kier alpha value is -2.04. The van der Waals surface area contributed by atoms with Gasteiger partial charge in [-0.3, -0.25) is 4.79 Å². The number of ether oxygens (including phenoxy) is 1. The minimum atomic E-state index is -0.527. The topological polar surface area (TPSA) is 55.6 Å². The molecule has 0 aromatic heterocycles. The van der Waals surface area contributed by atoms with E-state index in [1.54, 1.807) is 11.9 Å². The smallest absolute Gasteiger partial charge is 0.239 e. The molecule has 5 heteroatoms. The fourth-order valence-electron chi connectivity index (χ4n) is 2.35. The van der Waals surface area contributed by atoms with Gasteiger partial charge in [-0.2, -0.15) is 0 Å². The molecule has 0 radical (unpaired) electrons. The molecule has 1 unspecified atom stereocenters. The summed E-state index contributed by atoms with van der Waals surface area (Å²) in [5.74, 6) is 0.751. The van der Waals surface area contributed by atoms with Crippen molar-refractivity contribution in [3.8, 4) is 5.75 Å². The Balaban J connectivity index is 0.00000288. The van der Waals surface area contributed by atoms with Crippen molar-refractivity contribution in [1.29, 1.82) is 0 Å². The molecule has 4 nitrogen and oxygen atoms in total. The zero-order valence-electron chi connectivity index (χ0n) is 14.1. The molecule has 130 valence electrons. The molecule has 0 saturated heterocycles. The average Bonchev–Trinajstić information content (AvgIpc) is 2.55. The van der Waals surface area contributed by atoms with E-state index in [1.807, 2.05) is 61.5 Å². The van der Waals surface area contributed by atoms with E-state index in [0.29, 0.717) is 19.6 Å². The van der Waals surface area contributed by atoms with Gasteiger partial charge in [0.1, 0.15) is 12.4 Å². The SMILES string of the molecule is Cc1cccc(OCCN(C)C(=O)C(N)Cc2ccccc2)c1.Cl. The lowest BCUT2D eigenvalue weighted by atomic mass is 10.1. The Morgan fingerprint density at radius 1 is 1.17 bits per heavy atom. The Bertz CT molecular complexity index is 634. The number of amides is 1. The Morgan fingerprint density at radius 3 is 2.54 bits per heavy atom. The number of aryl methyl sites for hydroxylation is 1. The summed E-state index contributed by atoms with van der Waals surface area (Å²) < 4.78 is 5.67. The maximum absolute atomic E-state index is 12.3. The van der Waals surface area contributed by atoms with Crippen LogP contribution in [0.2, 0.25) is 0 Å². The standard InChI is InChI=1S/C19H24N2O2.ClH/c1-15-7-6-10-17(13-15)23-12-11-21(2)19(22)18(20)14-16-8-4-3-5-9-16;/h3-10,13,18H,11-12,14,20H2,1-2H3;1H. The van der Waals surface area contributed by atoms with Crippen LogP contribution in [-0.4, -0.2) is 37.0 Å². The minimum Gasteiger partial charge on any atom is -0.492 e. The lowest BCUT2D eigenvalue weighted by Gasteiger charge is -2.21. The first-order chi connectivity index (χ1) is 11.1. The highest BCUT2D eigenvalue weighted by molar-refractivity contribution is 5.85. The third kappa shape index (κ3) is 6.22. The third-order valence-corrected chi connectivity index (χ3v) is 3.68. The number of hydrogen-bond donors (Lipinski definition) is 1. The van der Waals surface area contributed by atoms with Crippen LogP contribution in [0.5, 0.6) is 5.75 Å². The molecular formula is C19H25ClN2O2. The summed E-state index contributed by atoms with van der Waals surface area (Å²) in [6.45, 7) is 2.98. The van der Waals surface area contributed by atoms with Gasteiger partial charge in [0, 0.05) is 7.05 Å². The second kappa shape index (κ2) is 9.96. The summed E-state index contributed by atoms with van der Waals surface area (Å²) in [5, 5.41) is 0. The Kier molecular flexibility index (Phi) is 8.30. The molecule has 0 spiro atoms. The lowest BCUT2D eigenvalue weighted by molar-refractivity contribution is -0.131. The van der Waals surface area contributed by atoms with Gasteiger partial charge in [-0.25, -0.2) is 0 Å². The fourth-order valence-corrected chi connectivity index (χ4v) is 2.35. The van der Waals surface area contributed by atoms with Crippen molar-refractivity contribution in [2.24, 2.45) is 5.73 Å². The lowest BCUT2D eigenvalue weighted by Crippen LogP contribution is -2.44. The van der Waals surface area contributed by atoms with Crippen molar-refractivity contribution in [2.75, 3.05) is 20.2 Å². The zero-order valence-corrected chi connectivity index (χ0v) is 15.0. The van der Waals surface area contributed by atoms with Gasteiger partial charge >= 0.3 is 0 Å². The molecule has 2 rings (SSSR count). The van der Waals surface area contributed by atoms with Gasteiger partial charge in [0.2, 0.25) is 5.91 Å². The van der Waals surface area contributed by atoms with E-state index in [1.165, 1.54) is 0 Å². The predicted octanol–water partition coefficient (Wildman–Crippen LogP) is 2.82. The van der Waals surface area contributed by atoms with Crippen LogP contribution < -0.4 is 10.5 Å². The van der Waals surface area contributed by atoms with Gasteiger partial charge in [-0.05, 0) is 36.6 Å². The first-order valence-electron chi connectivity index (χ1n) is 7.80. The molecule has 1 atom stereocenters. The molecule has 2 aromatic carbocycles. The monoisotopic (exact) mass is 348 g/mol. The highest BCUT2D eigenvalue weighted by Gasteiger charge is 2.18. The molecule has 0 bridgehead atoms. The number of likely N-dealkylation sites (N-methyl/N-ethyl adjacent to an activating group) is 1. The summed E-state index contributed by atoms with van der Waals surface area (Å²) in [7, 11) is 1.76. The summed E-state index contributed by atoms with van der Waals surface area (Å²) in [4.78, 5) is 13.9. The van der Waals surface area contributed by atoms with Gasteiger partial charge in [0.15, 0.2) is 0 Å². The number of nitrogens with zero attached hydrogens (tertiary/aromatic N) is 1. The first kappa shape index (κ1) is 20.0. The summed E-state index contributed by atoms with van der Waals surface area (Å²) >= 11 is 0. The van der Waals surface area contributed by atoms with Crippen LogP contribution in [0, 0.1) is 6.92 Å². The number of carbonyl (C=O) groups excluding carboxylic acids is 1. The maximum Gasteiger partial charge on any atom is 0.239 e. The predicted molar refractivity (Wildman–Crippen MR) is 99.7 cm³/mol. The molecule has 0 aliphatic carbocycles. The summed E-state index contributed by atoms with van der Waals surface area (Å²) in [6, 6.07) is 17.1. The second-order valence-electron chi connectivity index (χ2n) is 5.72. The molecule has 0 heterocycles. The summed E-state index contributed by atoms with van der Waals surface area (Å²) in [6.07, 6.45) is 0.544. The van der Waals surface area contributed by atoms with Gasteiger partial charge < -0.3 is 15.4 Å². The fraction of sp³-hybridized carbons (Fsp3) is 0.316. The second-order valence-corrected chi connectivity index (χ2v) is 5.72. The van der Waals surface area contributed by atoms with Gasteiger partial charge in [0.25, 0.3) is 0 Å². The molecule has 0 aliphatic heterocycles. The van der Waals surface area contributed by atoms with Crippen LogP contribution in [0.3, 0.4) is 0 Å². The van der Waals surface area contributed by atoms with Gasteiger partial charge in [-0.15, -0.1) is 12.4 Å². The van der Waals surface area contributed by atoms with Crippen molar-refractivity contribution in [1.82, 2.24) is 4.90 Å². The molecule has 0 aliphatic rings. The van der Waals surface area contributed by atoms with Gasteiger partial charge in [-0.1, -0.05) is 42.5 Å². The third-order valence-electron chi connectivity index (χ3n) is 3.68. The highest BCUT2D eigenvalue weighted by atomic mass is 35.5. The largest absolute Gasteiger partial charge is 0.492 e. The van der Waals surface area contributed by atoms with Gasteiger partial charge in [0.05, 0.1) is 12.6 Å². The van der Waals surface area contributed by atoms with Crippen LogP contribution in [0.4, 0.5) is 0 Å². The van der Waals surface area contributed by atoms with E-state index in [0.717, 1.165) is 16.9 Å². The van der Waals surface area contributed by atoms with Crippen molar-refractivity contribution in [3.63, 3.8) is 0 Å². The van der Waals surface area contributed by atoms with Crippen molar-refractivity contribution >= 4 is 18.3 Å². The Labute approximate surface area is 150 Å². The van der Waals surface area contributed by atoms with Crippen LogP contribution in [0.25, 0.3) is 0 Å². The van der Waals surface area contributed by atoms with E-state index < -0.39 is 6.04 Å². The van der Waals surface area contributed by atoms with E-state index in [4.69, 9.17) is 10.5 Å². The maximum atomic E-state index is 12.3. The molecule has 1 amide bonds. The van der Waals surface area contributed by atoms with Crippen LogP contribution in [0.1, 0.15) is 11.1 Å².